The number of nitrogens with one attached hydrogen (secondary N) is 2. The second-order valence-corrected chi connectivity index (χ2v) is 7.83. The van der Waals surface area contributed by atoms with Crippen LogP contribution in [-0.4, -0.2) is 40.4 Å². The normalized spacial score (nSPS) is 14.4. The molecule has 1 aliphatic rings. The number of hydrogen-bond donors (Lipinski definition) is 3. The second kappa shape index (κ2) is 9.07. The third kappa shape index (κ3) is 4.73. The standard InChI is InChI=1S/C25H21N3O6/c1-14-3-7-17(8-4-14)26-22(29)13-28-23(30)20(27-25(28)33)12-18-9-10-21(34-18)19-11-16(24(31)32)6-5-15(19)2/h3-12H,13H2,1-2H3,(H,26,29)(H,27,33)(H,31,32)/b20-12+. The van der Waals surface area contributed by atoms with Gasteiger partial charge in [-0.3, -0.25) is 9.59 Å². The van der Waals surface area contributed by atoms with Crippen LogP contribution >= 0.6 is 0 Å². The topological polar surface area (TPSA) is 129 Å². The molecule has 1 aromatic heterocycles. The molecule has 9 nitrogen and oxygen atoms in total. The van der Waals surface area contributed by atoms with Crippen LogP contribution < -0.4 is 10.6 Å². The van der Waals surface area contributed by atoms with Gasteiger partial charge in [0, 0.05) is 17.3 Å². The van der Waals surface area contributed by atoms with Crippen molar-refractivity contribution >= 4 is 35.6 Å². The Morgan fingerprint density at radius 2 is 1.79 bits per heavy atom. The van der Waals surface area contributed by atoms with Crippen LogP contribution in [0.1, 0.15) is 27.2 Å². The van der Waals surface area contributed by atoms with Gasteiger partial charge < -0.3 is 20.2 Å². The van der Waals surface area contributed by atoms with Crippen molar-refractivity contribution in [3.8, 4) is 11.3 Å². The minimum absolute atomic E-state index is 0.0370. The molecule has 3 N–H and O–H groups in total. The van der Waals surface area contributed by atoms with Crippen LogP contribution in [0.2, 0.25) is 0 Å². The summed E-state index contributed by atoms with van der Waals surface area (Å²) in [6.45, 7) is 3.30. The summed E-state index contributed by atoms with van der Waals surface area (Å²) in [7, 11) is 0. The summed E-state index contributed by atoms with van der Waals surface area (Å²) >= 11 is 0. The first kappa shape index (κ1) is 22.5. The van der Waals surface area contributed by atoms with E-state index >= 15 is 0 Å². The quantitative estimate of drug-likeness (QED) is 0.380. The van der Waals surface area contributed by atoms with E-state index < -0.39 is 30.4 Å². The zero-order chi connectivity index (χ0) is 24.4. The summed E-state index contributed by atoms with van der Waals surface area (Å²) in [6, 6.07) is 14.3. The van der Waals surface area contributed by atoms with Crippen molar-refractivity contribution in [1.82, 2.24) is 10.2 Å². The number of carbonyl (C=O) groups is 4. The number of nitrogens with zero attached hydrogens (tertiary/aromatic N) is 1. The molecule has 4 rings (SSSR count). The molecule has 1 aliphatic heterocycles. The maximum Gasteiger partial charge on any atom is 0.335 e. The largest absolute Gasteiger partial charge is 0.478 e. The zero-order valence-corrected chi connectivity index (χ0v) is 18.4. The van der Waals surface area contributed by atoms with Gasteiger partial charge in [-0.15, -0.1) is 0 Å². The number of carboxylic acids is 1. The number of amides is 4. The number of carbonyl (C=O) groups excluding carboxylic acids is 3. The highest BCUT2D eigenvalue weighted by atomic mass is 16.4. The lowest BCUT2D eigenvalue weighted by Crippen LogP contribution is -2.38. The number of aryl methyl sites for hydroxylation is 2. The van der Waals surface area contributed by atoms with Gasteiger partial charge in [0.05, 0.1) is 5.56 Å². The van der Waals surface area contributed by atoms with Crippen LogP contribution in [0, 0.1) is 13.8 Å². The van der Waals surface area contributed by atoms with E-state index in [-0.39, 0.29) is 17.0 Å². The van der Waals surface area contributed by atoms with Gasteiger partial charge in [0.1, 0.15) is 23.8 Å². The molecule has 0 saturated carbocycles. The molecule has 3 aromatic rings. The Kier molecular flexibility index (Phi) is 6.01. The Balaban J connectivity index is 1.48. The van der Waals surface area contributed by atoms with Crippen molar-refractivity contribution in [1.29, 1.82) is 0 Å². The molecular formula is C25H21N3O6. The predicted molar refractivity (Wildman–Crippen MR) is 124 cm³/mol. The zero-order valence-electron chi connectivity index (χ0n) is 18.4. The highest BCUT2D eigenvalue weighted by molar-refractivity contribution is 6.15. The Labute approximate surface area is 194 Å². The number of benzene rings is 2. The van der Waals surface area contributed by atoms with E-state index in [0.29, 0.717) is 17.0 Å². The number of rotatable bonds is 6. The lowest BCUT2D eigenvalue weighted by atomic mass is 10.0. The molecule has 1 saturated heterocycles. The third-order valence-corrected chi connectivity index (χ3v) is 5.26. The minimum Gasteiger partial charge on any atom is -0.478 e. The predicted octanol–water partition coefficient (Wildman–Crippen LogP) is 3.79. The van der Waals surface area contributed by atoms with Gasteiger partial charge in [-0.05, 0) is 55.8 Å². The molecule has 2 aromatic carbocycles. The molecule has 0 spiro atoms. The van der Waals surface area contributed by atoms with Crippen LogP contribution in [0.15, 0.2) is 64.7 Å². The fraction of sp³-hybridized carbons (Fsp3) is 0.120. The smallest absolute Gasteiger partial charge is 0.335 e. The highest BCUT2D eigenvalue weighted by Crippen LogP contribution is 2.28. The van der Waals surface area contributed by atoms with Gasteiger partial charge in [-0.25, -0.2) is 14.5 Å². The average molecular weight is 459 g/mol. The number of urea groups is 1. The Bertz CT molecular complexity index is 1340. The molecule has 4 amide bonds. The molecule has 34 heavy (non-hydrogen) atoms. The van der Waals surface area contributed by atoms with Crippen molar-refractivity contribution in [2.75, 3.05) is 11.9 Å². The van der Waals surface area contributed by atoms with E-state index in [4.69, 9.17) is 4.42 Å². The number of hydrogen-bond acceptors (Lipinski definition) is 5. The van der Waals surface area contributed by atoms with Crippen molar-refractivity contribution in [2.45, 2.75) is 13.8 Å². The number of anilines is 1. The first-order valence-electron chi connectivity index (χ1n) is 10.4. The molecule has 0 unspecified atom stereocenters. The summed E-state index contributed by atoms with van der Waals surface area (Å²) in [5.41, 5.74) is 3.09. The van der Waals surface area contributed by atoms with Crippen LogP contribution in [0.5, 0.6) is 0 Å². The SMILES string of the molecule is Cc1ccc(NC(=O)CN2C(=O)N/C(=C/c3ccc(-c4cc(C(=O)O)ccc4C)o3)C2=O)cc1. The van der Waals surface area contributed by atoms with Crippen molar-refractivity contribution < 1.29 is 28.7 Å². The maximum atomic E-state index is 12.7. The summed E-state index contributed by atoms with van der Waals surface area (Å²) < 4.78 is 5.77. The van der Waals surface area contributed by atoms with Gasteiger partial charge in [-0.1, -0.05) is 23.8 Å². The van der Waals surface area contributed by atoms with Gasteiger partial charge in [-0.2, -0.15) is 0 Å². The molecule has 0 bridgehead atoms. The number of carboxylic acid groups (broad SMARTS) is 1. The number of imide groups is 1. The summed E-state index contributed by atoms with van der Waals surface area (Å²) in [6.07, 6.45) is 1.36. The minimum atomic E-state index is -1.05. The first-order chi connectivity index (χ1) is 16.2. The maximum absolute atomic E-state index is 12.7. The van der Waals surface area contributed by atoms with Crippen LogP contribution in [0.25, 0.3) is 17.4 Å². The average Bonchev–Trinajstić information content (AvgIpc) is 3.35. The number of aromatic carboxylic acids is 1. The van der Waals surface area contributed by atoms with E-state index in [2.05, 4.69) is 10.6 Å². The van der Waals surface area contributed by atoms with Gasteiger partial charge in [0.25, 0.3) is 5.91 Å². The lowest BCUT2D eigenvalue weighted by Gasteiger charge is -2.12. The highest BCUT2D eigenvalue weighted by Gasteiger charge is 2.35. The third-order valence-electron chi connectivity index (χ3n) is 5.26. The van der Waals surface area contributed by atoms with Crippen molar-refractivity contribution in [2.24, 2.45) is 0 Å². The fourth-order valence-electron chi connectivity index (χ4n) is 3.43. The molecule has 0 radical (unpaired) electrons. The summed E-state index contributed by atoms with van der Waals surface area (Å²) in [5.74, 6) is -1.53. The van der Waals surface area contributed by atoms with E-state index in [1.165, 1.54) is 18.2 Å². The van der Waals surface area contributed by atoms with Crippen molar-refractivity contribution in [3.05, 3.63) is 82.7 Å². The fourth-order valence-corrected chi connectivity index (χ4v) is 3.43. The monoisotopic (exact) mass is 459 g/mol. The first-order valence-corrected chi connectivity index (χ1v) is 10.4. The van der Waals surface area contributed by atoms with E-state index in [1.807, 2.05) is 26.0 Å². The second-order valence-electron chi connectivity index (χ2n) is 7.83. The van der Waals surface area contributed by atoms with Crippen LogP contribution in [0.3, 0.4) is 0 Å². The van der Waals surface area contributed by atoms with E-state index in [9.17, 15) is 24.3 Å². The lowest BCUT2D eigenvalue weighted by molar-refractivity contribution is -0.127. The van der Waals surface area contributed by atoms with E-state index in [0.717, 1.165) is 16.0 Å². The molecule has 1 fully saturated rings. The van der Waals surface area contributed by atoms with Crippen molar-refractivity contribution in [3.63, 3.8) is 0 Å². The molecule has 2 heterocycles. The van der Waals surface area contributed by atoms with Gasteiger partial charge in [0.2, 0.25) is 5.91 Å². The molecule has 9 heteroatoms. The Hall–Kier alpha value is -4.66. The van der Waals surface area contributed by atoms with E-state index in [1.54, 1.807) is 30.3 Å². The molecule has 0 atom stereocenters. The molecule has 172 valence electrons. The Morgan fingerprint density at radius 3 is 2.50 bits per heavy atom. The molecule has 0 aliphatic carbocycles. The van der Waals surface area contributed by atoms with Gasteiger partial charge >= 0.3 is 12.0 Å². The Morgan fingerprint density at radius 1 is 1.06 bits per heavy atom. The van der Waals surface area contributed by atoms with Crippen LogP contribution in [-0.2, 0) is 9.59 Å². The van der Waals surface area contributed by atoms with Crippen LogP contribution in [0.4, 0.5) is 10.5 Å². The summed E-state index contributed by atoms with van der Waals surface area (Å²) in [5, 5.41) is 14.3. The molecular weight excluding hydrogens is 438 g/mol. The number of furan rings is 1. The summed E-state index contributed by atoms with van der Waals surface area (Å²) in [4.78, 5) is 49.4. The van der Waals surface area contributed by atoms with Gasteiger partial charge in [0.15, 0.2) is 0 Å².